The lowest BCUT2D eigenvalue weighted by Gasteiger charge is -2.19. The Morgan fingerprint density at radius 1 is 0.759 bits per heavy atom. The third kappa shape index (κ3) is 5.80. The topological polar surface area (TPSA) is 27.7 Å². The zero-order valence-electron chi connectivity index (χ0n) is 16.4. The predicted octanol–water partition coefficient (Wildman–Crippen LogP) is 5.62. The summed E-state index contributed by atoms with van der Waals surface area (Å²) in [6.07, 6.45) is 2.70. The van der Waals surface area contributed by atoms with E-state index in [0.717, 1.165) is 28.9 Å². The van der Waals surface area contributed by atoms with E-state index in [2.05, 4.69) is 42.5 Å². The molecule has 1 heterocycles. The van der Waals surface area contributed by atoms with Crippen LogP contribution in [-0.2, 0) is 27.4 Å². The van der Waals surface area contributed by atoms with Crippen LogP contribution in [0.4, 0.5) is 0 Å². The lowest BCUT2D eigenvalue weighted by atomic mass is 10.1. The van der Waals surface area contributed by atoms with Gasteiger partial charge in [0.2, 0.25) is 0 Å². The number of ether oxygens (including phenoxy) is 3. The Morgan fingerprint density at radius 3 is 2.00 bits per heavy atom. The van der Waals surface area contributed by atoms with Crippen LogP contribution in [0, 0.1) is 0 Å². The monoisotopic (exact) mass is 386 g/mol. The molecule has 0 aromatic heterocycles. The highest BCUT2D eigenvalue weighted by molar-refractivity contribution is 5.51. The Labute approximate surface area is 172 Å². The van der Waals surface area contributed by atoms with Crippen molar-refractivity contribution in [1.29, 1.82) is 0 Å². The molecule has 3 aromatic rings. The summed E-state index contributed by atoms with van der Waals surface area (Å²) in [5.74, 6) is 0.947. The molecule has 148 valence electrons. The Kier molecular flexibility index (Phi) is 6.74. The van der Waals surface area contributed by atoms with E-state index in [4.69, 9.17) is 14.2 Å². The van der Waals surface area contributed by atoms with Crippen LogP contribution < -0.4 is 0 Å². The van der Waals surface area contributed by atoms with E-state index in [-0.39, 0.29) is 12.2 Å². The minimum absolute atomic E-state index is 0.0269. The molecule has 0 amide bonds. The Balaban J connectivity index is 1.39. The molecule has 1 saturated heterocycles. The lowest BCUT2D eigenvalue weighted by Crippen LogP contribution is -2.29. The smallest absolute Gasteiger partial charge is 0.148 e. The summed E-state index contributed by atoms with van der Waals surface area (Å²) in [6.45, 7) is 1.65. The first-order valence-corrected chi connectivity index (χ1v) is 10.1. The van der Waals surface area contributed by atoms with Crippen molar-refractivity contribution in [3.8, 4) is 0 Å². The van der Waals surface area contributed by atoms with E-state index in [1.54, 1.807) is 0 Å². The van der Waals surface area contributed by atoms with Gasteiger partial charge in [0.15, 0.2) is 0 Å². The molecule has 29 heavy (non-hydrogen) atoms. The minimum Gasteiger partial charge on any atom is -0.489 e. The molecule has 1 aliphatic heterocycles. The molecule has 3 aromatic carbocycles. The van der Waals surface area contributed by atoms with Gasteiger partial charge in [-0.2, -0.15) is 0 Å². The molecule has 0 bridgehead atoms. The van der Waals surface area contributed by atoms with Gasteiger partial charge in [-0.15, -0.1) is 0 Å². The first kappa shape index (κ1) is 19.4. The van der Waals surface area contributed by atoms with Gasteiger partial charge in [0.25, 0.3) is 0 Å². The van der Waals surface area contributed by atoms with E-state index < -0.39 is 0 Å². The maximum atomic E-state index is 6.23. The lowest BCUT2D eigenvalue weighted by molar-refractivity contribution is -0.0528. The fourth-order valence-electron chi connectivity index (χ4n) is 3.43. The van der Waals surface area contributed by atoms with Gasteiger partial charge in [0.05, 0.1) is 25.6 Å². The second-order valence-electron chi connectivity index (χ2n) is 7.22. The number of hydrogen-bond acceptors (Lipinski definition) is 3. The van der Waals surface area contributed by atoms with Crippen LogP contribution in [0.5, 0.6) is 0 Å². The Hall–Kier alpha value is -2.88. The number of benzene rings is 3. The predicted molar refractivity (Wildman–Crippen MR) is 115 cm³/mol. The van der Waals surface area contributed by atoms with Crippen molar-refractivity contribution in [1.82, 2.24) is 0 Å². The first-order valence-electron chi connectivity index (χ1n) is 10.1. The zero-order valence-corrected chi connectivity index (χ0v) is 16.4. The third-order valence-corrected chi connectivity index (χ3v) is 4.95. The molecule has 0 spiro atoms. The largest absolute Gasteiger partial charge is 0.489 e. The van der Waals surface area contributed by atoms with Crippen LogP contribution in [0.2, 0.25) is 0 Å². The summed E-state index contributed by atoms with van der Waals surface area (Å²) in [6, 6.07) is 30.7. The minimum atomic E-state index is -0.114. The van der Waals surface area contributed by atoms with Gasteiger partial charge in [0, 0.05) is 6.42 Å². The maximum Gasteiger partial charge on any atom is 0.148 e. The standard InChI is InChI=1S/C26H26O3/c1-4-10-21(11-5-1)16-24-17-25(28-19-23-14-8-3-9-15-23)26(29-24)20-27-18-22-12-6-2-7-13-22/h1-16,25-26H,17-20H2/b24-16+/t25-,26+/m0/s1. The summed E-state index contributed by atoms with van der Waals surface area (Å²) < 4.78 is 18.4. The van der Waals surface area contributed by atoms with Crippen LogP contribution in [0.1, 0.15) is 23.1 Å². The average Bonchev–Trinajstić information content (AvgIpc) is 3.16. The van der Waals surface area contributed by atoms with E-state index >= 15 is 0 Å². The van der Waals surface area contributed by atoms with Crippen molar-refractivity contribution in [3.63, 3.8) is 0 Å². The van der Waals surface area contributed by atoms with Crippen LogP contribution in [0.15, 0.2) is 96.8 Å². The van der Waals surface area contributed by atoms with Crippen LogP contribution in [0.25, 0.3) is 6.08 Å². The molecule has 0 aliphatic carbocycles. The van der Waals surface area contributed by atoms with Crippen molar-refractivity contribution in [3.05, 3.63) is 113 Å². The van der Waals surface area contributed by atoms with Crippen LogP contribution >= 0.6 is 0 Å². The SMILES string of the molecule is C(=C1/C[C@H](OCc2ccccc2)[C@@H](COCc2ccccc2)O1)/c1ccccc1. The molecular formula is C26H26O3. The van der Waals surface area contributed by atoms with E-state index in [1.807, 2.05) is 54.6 Å². The second-order valence-corrected chi connectivity index (χ2v) is 7.22. The highest BCUT2D eigenvalue weighted by atomic mass is 16.6. The molecule has 4 rings (SSSR count). The van der Waals surface area contributed by atoms with Gasteiger partial charge in [-0.1, -0.05) is 91.0 Å². The molecule has 3 heteroatoms. The highest BCUT2D eigenvalue weighted by Gasteiger charge is 2.33. The van der Waals surface area contributed by atoms with E-state index in [9.17, 15) is 0 Å². The van der Waals surface area contributed by atoms with Crippen molar-refractivity contribution < 1.29 is 14.2 Å². The molecule has 1 aliphatic rings. The van der Waals surface area contributed by atoms with Gasteiger partial charge in [-0.3, -0.25) is 0 Å². The van der Waals surface area contributed by atoms with Gasteiger partial charge in [0.1, 0.15) is 12.2 Å². The first-order chi connectivity index (χ1) is 14.4. The number of hydrogen-bond donors (Lipinski definition) is 0. The molecule has 2 atom stereocenters. The van der Waals surface area contributed by atoms with Crippen LogP contribution in [-0.4, -0.2) is 18.8 Å². The summed E-state index contributed by atoms with van der Waals surface area (Å²) in [4.78, 5) is 0. The van der Waals surface area contributed by atoms with Gasteiger partial charge < -0.3 is 14.2 Å². The summed E-state index contributed by atoms with van der Waals surface area (Å²) in [5.41, 5.74) is 3.46. The highest BCUT2D eigenvalue weighted by Crippen LogP contribution is 2.29. The third-order valence-electron chi connectivity index (χ3n) is 4.95. The summed E-state index contributed by atoms with van der Waals surface area (Å²) >= 11 is 0. The maximum absolute atomic E-state index is 6.23. The molecule has 0 radical (unpaired) electrons. The Morgan fingerprint density at radius 2 is 1.34 bits per heavy atom. The van der Waals surface area contributed by atoms with Gasteiger partial charge in [-0.25, -0.2) is 0 Å². The van der Waals surface area contributed by atoms with E-state index in [0.29, 0.717) is 19.8 Å². The van der Waals surface area contributed by atoms with Crippen molar-refractivity contribution in [2.45, 2.75) is 31.8 Å². The van der Waals surface area contributed by atoms with Crippen molar-refractivity contribution in [2.24, 2.45) is 0 Å². The quantitative estimate of drug-likeness (QED) is 0.503. The molecular weight excluding hydrogens is 360 g/mol. The number of rotatable bonds is 8. The normalized spacial score (nSPS) is 19.9. The van der Waals surface area contributed by atoms with Crippen LogP contribution in [0.3, 0.4) is 0 Å². The molecule has 0 saturated carbocycles. The van der Waals surface area contributed by atoms with Crippen molar-refractivity contribution >= 4 is 6.08 Å². The fourth-order valence-corrected chi connectivity index (χ4v) is 3.43. The Bertz CT molecular complexity index is 891. The zero-order chi connectivity index (χ0) is 19.7. The molecule has 3 nitrogen and oxygen atoms in total. The molecule has 1 fully saturated rings. The summed E-state index contributed by atoms with van der Waals surface area (Å²) in [5, 5.41) is 0. The van der Waals surface area contributed by atoms with Gasteiger partial charge >= 0.3 is 0 Å². The van der Waals surface area contributed by atoms with Crippen molar-refractivity contribution in [2.75, 3.05) is 6.61 Å². The summed E-state index contributed by atoms with van der Waals surface area (Å²) in [7, 11) is 0. The second kappa shape index (κ2) is 10.1. The molecule has 0 unspecified atom stereocenters. The van der Waals surface area contributed by atoms with Gasteiger partial charge in [-0.05, 0) is 22.8 Å². The average molecular weight is 386 g/mol. The van der Waals surface area contributed by atoms with E-state index in [1.165, 1.54) is 0 Å². The molecule has 0 N–H and O–H groups in total. The fraction of sp³-hybridized carbons (Fsp3) is 0.231.